The van der Waals surface area contributed by atoms with Crippen LogP contribution in [0.25, 0.3) is 11.1 Å². The number of hydrogen-bond acceptors (Lipinski definition) is 2. The van der Waals surface area contributed by atoms with E-state index in [1.165, 1.54) is 54.4 Å². The third-order valence-electron chi connectivity index (χ3n) is 5.85. The van der Waals surface area contributed by atoms with Gasteiger partial charge in [-0.1, -0.05) is 81.8 Å². The molecule has 2 nitrogen and oxygen atoms in total. The largest absolute Gasteiger partial charge is 0.372 e. The zero-order valence-corrected chi connectivity index (χ0v) is 17.0. The molecule has 2 heteroatoms. The fourth-order valence-corrected chi connectivity index (χ4v) is 4.35. The van der Waals surface area contributed by atoms with Crippen molar-refractivity contribution in [3.63, 3.8) is 0 Å². The summed E-state index contributed by atoms with van der Waals surface area (Å²) in [4.78, 5) is 12.8. The second-order valence-corrected chi connectivity index (χ2v) is 7.70. The molecule has 0 heterocycles. The van der Waals surface area contributed by atoms with E-state index in [1.54, 1.807) is 7.11 Å². The predicted molar refractivity (Wildman–Crippen MR) is 112 cm³/mol. The number of unbranched alkanes of at least 4 members (excludes halogenated alkanes) is 6. The van der Waals surface area contributed by atoms with E-state index in [9.17, 15) is 4.79 Å². The van der Waals surface area contributed by atoms with Crippen LogP contribution in [-0.4, -0.2) is 12.9 Å². The highest BCUT2D eigenvalue weighted by Crippen LogP contribution is 2.47. The Balaban J connectivity index is 1.68. The highest BCUT2D eigenvalue weighted by Gasteiger charge is 2.31. The van der Waals surface area contributed by atoms with Crippen LogP contribution in [0.15, 0.2) is 36.4 Å². The molecule has 0 spiro atoms. The lowest BCUT2D eigenvalue weighted by Gasteiger charge is -2.16. The Bertz CT molecular complexity index is 791. The fraction of sp³-hybridized carbons (Fsp3) is 0.480. The smallest absolute Gasteiger partial charge is 0.163 e. The van der Waals surface area contributed by atoms with Gasteiger partial charge >= 0.3 is 0 Å². The minimum atomic E-state index is -0.0671. The van der Waals surface area contributed by atoms with Gasteiger partial charge in [-0.3, -0.25) is 4.79 Å². The molecular formula is C25H32O2. The van der Waals surface area contributed by atoms with Crippen molar-refractivity contribution >= 4 is 5.78 Å². The van der Waals surface area contributed by atoms with E-state index in [2.05, 4.69) is 44.2 Å². The van der Waals surface area contributed by atoms with Crippen LogP contribution in [0, 0.1) is 6.92 Å². The highest BCUT2D eigenvalue weighted by molar-refractivity contribution is 5.99. The van der Waals surface area contributed by atoms with Gasteiger partial charge in [-0.25, -0.2) is 0 Å². The van der Waals surface area contributed by atoms with Gasteiger partial charge in [-0.2, -0.15) is 0 Å². The topological polar surface area (TPSA) is 26.3 Å². The first kappa shape index (κ1) is 19.8. The molecule has 144 valence electrons. The molecule has 0 saturated heterocycles. The summed E-state index contributed by atoms with van der Waals surface area (Å²) in [6.45, 7) is 4.32. The minimum Gasteiger partial charge on any atom is -0.372 e. The van der Waals surface area contributed by atoms with Crippen molar-refractivity contribution in [3.05, 3.63) is 58.7 Å². The van der Waals surface area contributed by atoms with Gasteiger partial charge in [-0.15, -0.1) is 0 Å². The normalized spacial score (nSPS) is 14.9. The number of benzene rings is 2. The number of carbonyl (C=O) groups is 1. The Morgan fingerprint density at radius 1 is 0.926 bits per heavy atom. The molecule has 1 aliphatic carbocycles. The summed E-state index contributed by atoms with van der Waals surface area (Å²) in [5.74, 6) is 0.273. The van der Waals surface area contributed by atoms with Gasteiger partial charge in [0.25, 0.3) is 0 Å². The summed E-state index contributed by atoms with van der Waals surface area (Å²) in [5.41, 5.74) is 6.77. The number of Topliss-reactive ketones (excluding diaryl/α,β-unsaturated/α-hetero) is 1. The maximum atomic E-state index is 12.8. The van der Waals surface area contributed by atoms with E-state index in [1.807, 2.05) is 6.07 Å². The van der Waals surface area contributed by atoms with Gasteiger partial charge in [0, 0.05) is 19.1 Å². The second-order valence-electron chi connectivity index (χ2n) is 7.70. The van der Waals surface area contributed by atoms with Crippen LogP contribution in [-0.2, 0) is 4.74 Å². The van der Waals surface area contributed by atoms with Crippen LogP contribution in [0.4, 0.5) is 0 Å². The van der Waals surface area contributed by atoms with Crippen LogP contribution in [0.2, 0.25) is 0 Å². The van der Waals surface area contributed by atoms with Gasteiger partial charge < -0.3 is 4.74 Å². The van der Waals surface area contributed by atoms with E-state index >= 15 is 0 Å². The molecule has 0 N–H and O–H groups in total. The number of ether oxygens (including phenoxy) is 1. The summed E-state index contributed by atoms with van der Waals surface area (Å²) in [6.07, 6.45) is 9.22. The summed E-state index contributed by atoms with van der Waals surface area (Å²) in [6, 6.07) is 12.5. The summed E-state index contributed by atoms with van der Waals surface area (Å²) in [7, 11) is 1.75. The molecule has 0 bridgehead atoms. The lowest BCUT2D eigenvalue weighted by Crippen LogP contribution is -2.07. The molecule has 1 aliphatic rings. The van der Waals surface area contributed by atoms with Crippen LogP contribution < -0.4 is 0 Å². The first-order valence-electron chi connectivity index (χ1n) is 10.5. The summed E-state index contributed by atoms with van der Waals surface area (Å²) < 4.78 is 5.81. The van der Waals surface area contributed by atoms with Crippen LogP contribution in [0.3, 0.4) is 0 Å². The molecule has 0 fully saturated rings. The van der Waals surface area contributed by atoms with Crippen molar-refractivity contribution < 1.29 is 9.53 Å². The first-order chi connectivity index (χ1) is 13.2. The lowest BCUT2D eigenvalue weighted by molar-refractivity contribution is 0.0977. The number of rotatable bonds is 10. The van der Waals surface area contributed by atoms with E-state index in [0.29, 0.717) is 6.42 Å². The molecule has 0 saturated carbocycles. The summed E-state index contributed by atoms with van der Waals surface area (Å²) in [5, 5.41) is 0. The lowest BCUT2D eigenvalue weighted by atomic mass is 9.92. The fourth-order valence-electron chi connectivity index (χ4n) is 4.35. The van der Waals surface area contributed by atoms with Crippen LogP contribution >= 0.6 is 0 Å². The number of hydrogen-bond donors (Lipinski definition) is 0. The highest BCUT2D eigenvalue weighted by atomic mass is 16.5. The van der Waals surface area contributed by atoms with Gasteiger partial charge in [0.15, 0.2) is 5.78 Å². The van der Waals surface area contributed by atoms with Gasteiger partial charge in [0.2, 0.25) is 0 Å². The minimum absolute atomic E-state index is 0.0671. The number of carbonyl (C=O) groups excluding carboxylic acids is 1. The molecule has 0 aromatic heterocycles. The molecule has 2 aromatic carbocycles. The van der Waals surface area contributed by atoms with E-state index in [0.717, 1.165) is 24.0 Å². The molecule has 27 heavy (non-hydrogen) atoms. The van der Waals surface area contributed by atoms with E-state index in [-0.39, 0.29) is 11.9 Å². The Labute approximate surface area is 164 Å². The maximum absolute atomic E-state index is 12.8. The van der Waals surface area contributed by atoms with Crippen molar-refractivity contribution in [1.82, 2.24) is 0 Å². The van der Waals surface area contributed by atoms with Gasteiger partial charge in [0.1, 0.15) is 6.10 Å². The van der Waals surface area contributed by atoms with Gasteiger partial charge in [0.05, 0.1) is 0 Å². The molecule has 3 rings (SSSR count). The van der Waals surface area contributed by atoms with Crippen molar-refractivity contribution in [2.24, 2.45) is 0 Å². The average molecular weight is 365 g/mol. The quantitative estimate of drug-likeness (QED) is 0.334. The monoisotopic (exact) mass is 364 g/mol. The average Bonchev–Trinajstić information content (AvgIpc) is 3.02. The van der Waals surface area contributed by atoms with E-state index < -0.39 is 0 Å². The van der Waals surface area contributed by atoms with Crippen molar-refractivity contribution in [1.29, 1.82) is 0 Å². The maximum Gasteiger partial charge on any atom is 0.163 e. The molecule has 1 atom stereocenters. The molecular weight excluding hydrogens is 332 g/mol. The van der Waals surface area contributed by atoms with Gasteiger partial charge in [-0.05, 0) is 41.2 Å². The molecule has 0 amide bonds. The van der Waals surface area contributed by atoms with Crippen molar-refractivity contribution in [3.8, 4) is 11.1 Å². The Hall–Kier alpha value is -1.93. The SMILES string of the molecule is CCCCCCCCCC(=O)c1ccc2c(c1C)C(OC)c1ccccc1-2. The molecule has 1 unspecified atom stereocenters. The number of ketones is 1. The Morgan fingerprint density at radius 2 is 1.63 bits per heavy atom. The predicted octanol–water partition coefficient (Wildman–Crippen LogP) is 7.03. The Morgan fingerprint density at radius 3 is 2.37 bits per heavy atom. The van der Waals surface area contributed by atoms with Crippen LogP contribution in [0.1, 0.15) is 91.4 Å². The first-order valence-corrected chi connectivity index (χ1v) is 10.5. The number of fused-ring (bicyclic) bond motifs is 3. The molecule has 0 aliphatic heterocycles. The van der Waals surface area contributed by atoms with Crippen molar-refractivity contribution in [2.45, 2.75) is 71.3 Å². The Kier molecular flexibility index (Phi) is 6.84. The number of methoxy groups -OCH3 is 1. The standard InChI is InChI=1S/C25H32O2/c1-4-5-6-7-8-9-10-15-23(26)19-16-17-21-20-13-11-12-14-22(20)25(27-3)24(21)18(19)2/h11-14,16-17,25H,4-10,15H2,1-3H3. The third kappa shape index (κ3) is 4.16. The molecule has 0 radical (unpaired) electrons. The zero-order valence-electron chi connectivity index (χ0n) is 17.0. The second kappa shape index (κ2) is 9.32. The summed E-state index contributed by atoms with van der Waals surface area (Å²) >= 11 is 0. The van der Waals surface area contributed by atoms with Crippen molar-refractivity contribution in [2.75, 3.05) is 7.11 Å². The van der Waals surface area contributed by atoms with E-state index in [4.69, 9.17) is 4.74 Å². The third-order valence-corrected chi connectivity index (χ3v) is 5.85. The molecule has 2 aromatic rings. The van der Waals surface area contributed by atoms with Crippen LogP contribution in [0.5, 0.6) is 0 Å². The zero-order chi connectivity index (χ0) is 19.2.